The number of halogens is 1. The summed E-state index contributed by atoms with van der Waals surface area (Å²) in [6, 6.07) is 12.4. The van der Waals surface area contributed by atoms with Crippen molar-refractivity contribution >= 4 is 17.6 Å². The Morgan fingerprint density at radius 3 is 2.56 bits per heavy atom. The molecule has 5 nitrogen and oxygen atoms in total. The molecule has 0 unspecified atom stereocenters. The lowest BCUT2D eigenvalue weighted by Crippen LogP contribution is -2.38. The van der Waals surface area contributed by atoms with Crippen LogP contribution >= 0.6 is 11.6 Å². The quantitative estimate of drug-likeness (QED) is 0.713. The first-order valence-corrected chi connectivity index (χ1v) is 8.42. The van der Waals surface area contributed by atoms with E-state index in [1.165, 1.54) is 0 Å². The van der Waals surface area contributed by atoms with Gasteiger partial charge in [-0.05, 0) is 36.6 Å². The van der Waals surface area contributed by atoms with Crippen LogP contribution in [0.4, 0.5) is 0 Å². The summed E-state index contributed by atoms with van der Waals surface area (Å²) in [5, 5.41) is 12.9. The summed E-state index contributed by atoms with van der Waals surface area (Å²) in [5.74, 6) is 0.128. The van der Waals surface area contributed by atoms with Gasteiger partial charge in [0.1, 0.15) is 6.04 Å². The monoisotopic (exact) mass is 363 g/mol. The molecule has 0 aromatic heterocycles. The van der Waals surface area contributed by atoms with Crippen molar-refractivity contribution in [1.29, 1.82) is 0 Å². The van der Waals surface area contributed by atoms with Crippen LogP contribution in [0.15, 0.2) is 42.5 Å². The number of nitrogens with one attached hydrogen (secondary N) is 1. The molecule has 0 spiro atoms. The van der Waals surface area contributed by atoms with Crippen LogP contribution in [0, 0.1) is 0 Å². The van der Waals surface area contributed by atoms with Gasteiger partial charge < -0.3 is 19.9 Å². The van der Waals surface area contributed by atoms with Crippen molar-refractivity contribution in [1.82, 2.24) is 5.32 Å². The first-order chi connectivity index (χ1) is 12.0. The molecule has 134 valence electrons. The molecule has 6 heteroatoms. The molecule has 2 aromatic carbocycles. The lowest BCUT2D eigenvalue weighted by atomic mass is 10.1. The zero-order valence-electron chi connectivity index (χ0n) is 14.3. The molecular weight excluding hydrogens is 342 g/mol. The fourth-order valence-electron chi connectivity index (χ4n) is 2.50. The fourth-order valence-corrected chi connectivity index (χ4v) is 2.79. The number of rotatable bonds is 9. The third-order valence-corrected chi connectivity index (χ3v) is 3.99. The molecule has 0 aliphatic rings. The minimum absolute atomic E-state index is 0.353. The van der Waals surface area contributed by atoms with Crippen LogP contribution in [-0.4, -0.2) is 30.8 Å². The van der Waals surface area contributed by atoms with Crippen molar-refractivity contribution in [3.63, 3.8) is 0 Å². The number of benzene rings is 2. The Morgan fingerprint density at radius 2 is 1.96 bits per heavy atom. The van der Waals surface area contributed by atoms with Crippen molar-refractivity contribution in [3.05, 3.63) is 58.6 Å². The minimum atomic E-state index is -0.896. The van der Waals surface area contributed by atoms with Crippen molar-refractivity contribution in [2.45, 2.75) is 25.9 Å². The van der Waals surface area contributed by atoms with Gasteiger partial charge in [-0.1, -0.05) is 41.9 Å². The van der Waals surface area contributed by atoms with Crippen molar-refractivity contribution < 1.29 is 19.4 Å². The molecule has 2 N–H and O–H groups in total. The third-order valence-electron chi connectivity index (χ3n) is 3.71. The second-order valence-electron chi connectivity index (χ2n) is 5.50. The lowest BCUT2D eigenvalue weighted by molar-refractivity contribution is -0.139. The van der Waals surface area contributed by atoms with Crippen molar-refractivity contribution in [2.75, 3.05) is 13.7 Å². The maximum Gasteiger partial charge on any atom is 0.321 e. The van der Waals surface area contributed by atoms with Crippen LogP contribution in [0.25, 0.3) is 0 Å². The maximum absolute atomic E-state index is 11.5. The van der Waals surface area contributed by atoms with E-state index in [0.717, 1.165) is 11.1 Å². The lowest BCUT2D eigenvalue weighted by Gasteiger charge is -2.17. The zero-order chi connectivity index (χ0) is 18.2. The number of hydrogen-bond donors (Lipinski definition) is 2. The Morgan fingerprint density at radius 1 is 1.24 bits per heavy atom. The van der Waals surface area contributed by atoms with E-state index >= 15 is 0 Å². The number of hydrogen-bond acceptors (Lipinski definition) is 4. The Bertz CT molecular complexity index is 706. The van der Waals surface area contributed by atoms with Gasteiger partial charge in [0.2, 0.25) is 0 Å². The average molecular weight is 364 g/mol. The second kappa shape index (κ2) is 9.30. The highest BCUT2D eigenvalue weighted by Gasteiger charge is 2.18. The van der Waals surface area contributed by atoms with Crippen LogP contribution in [0.2, 0.25) is 5.02 Å². The van der Waals surface area contributed by atoms with E-state index < -0.39 is 12.0 Å². The highest BCUT2D eigenvalue weighted by molar-refractivity contribution is 6.32. The van der Waals surface area contributed by atoms with Gasteiger partial charge in [-0.2, -0.15) is 0 Å². The minimum Gasteiger partial charge on any atom is -0.493 e. The van der Waals surface area contributed by atoms with Gasteiger partial charge in [0.05, 0.1) is 18.7 Å². The summed E-state index contributed by atoms with van der Waals surface area (Å²) in [7, 11) is 1.54. The molecule has 0 radical (unpaired) electrons. The first kappa shape index (κ1) is 19.1. The molecule has 25 heavy (non-hydrogen) atoms. The number of aliphatic carboxylic acids is 1. The molecule has 0 saturated heterocycles. The molecule has 0 heterocycles. The van der Waals surface area contributed by atoms with E-state index in [1.54, 1.807) is 19.2 Å². The number of carbonyl (C=O) groups is 1. The number of carboxylic acids is 1. The van der Waals surface area contributed by atoms with Gasteiger partial charge in [-0.25, -0.2) is 0 Å². The van der Waals surface area contributed by atoms with Crippen molar-refractivity contribution in [2.24, 2.45) is 0 Å². The summed E-state index contributed by atoms with van der Waals surface area (Å²) < 4.78 is 10.8. The Hall–Kier alpha value is -2.24. The summed E-state index contributed by atoms with van der Waals surface area (Å²) in [6.45, 7) is 2.70. The van der Waals surface area contributed by atoms with E-state index in [4.69, 9.17) is 21.1 Å². The van der Waals surface area contributed by atoms with E-state index in [9.17, 15) is 9.90 Å². The van der Waals surface area contributed by atoms with Gasteiger partial charge in [0.15, 0.2) is 11.5 Å². The van der Waals surface area contributed by atoms with Gasteiger partial charge in [-0.15, -0.1) is 0 Å². The molecule has 1 atom stereocenters. The van der Waals surface area contributed by atoms with Crippen LogP contribution in [-0.2, 0) is 17.8 Å². The zero-order valence-corrected chi connectivity index (χ0v) is 15.0. The highest BCUT2D eigenvalue weighted by Crippen LogP contribution is 2.36. The number of ether oxygens (including phenoxy) is 2. The van der Waals surface area contributed by atoms with Crippen LogP contribution in [0.1, 0.15) is 18.1 Å². The maximum atomic E-state index is 11.5. The summed E-state index contributed by atoms with van der Waals surface area (Å²) in [4.78, 5) is 11.5. The van der Waals surface area contributed by atoms with E-state index in [0.29, 0.717) is 36.1 Å². The number of carboxylic acid groups (broad SMARTS) is 1. The molecule has 0 aliphatic carbocycles. The van der Waals surface area contributed by atoms with Crippen LogP contribution in [0.5, 0.6) is 11.5 Å². The highest BCUT2D eigenvalue weighted by atomic mass is 35.5. The van der Waals surface area contributed by atoms with E-state index in [-0.39, 0.29) is 0 Å². The predicted molar refractivity (Wildman–Crippen MR) is 97.6 cm³/mol. The topological polar surface area (TPSA) is 67.8 Å². The van der Waals surface area contributed by atoms with Crippen LogP contribution < -0.4 is 14.8 Å². The molecule has 0 amide bonds. The summed E-state index contributed by atoms with van der Waals surface area (Å²) in [5.41, 5.74) is 1.79. The van der Waals surface area contributed by atoms with Crippen LogP contribution in [0.3, 0.4) is 0 Å². The Balaban J connectivity index is 2.09. The number of methoxy groups -OCH3 is 1. The molecule has 0 aliphatic heterocycles. The molecule has 0 saturated carbocycles. The first-order valence-electron chi connectivity index (χ1n) is 8.04. The third kappa shape index (κ3) is 5.37. The fraction of sp³-hybridized carbons (Fsp3) is 0.316. The van der Waals surface area contributed by atoms with Gasteiger partial charge in [0, 0.05) is 6.54 Å². The van der Waals surface area contributed by atoms with Gasteiger partial charge in [-0.3, -0.25) is 4.79 Å². The molecule has 2 aromatic rings. The molecular formula is C19H22ClNO4. The molecule has 0 bridgehead atoms. The second-order valence-corrected chi connectivity index (χ2v) is 5.91. The van der Waals surface area contributed by atoms with Crippen molar-refractivity contribution in [3.8, 4) is 11.5 Å². The normalized spacial score (nSPS) is 11.8. The van der Waals surface area contributed by atoms with E-state index in [2.05, 4.69) is 5.32 Å². The largest absolute Gasteiger partial charge is 0.493 e. The van der Waals surface area contributed by atoms with E-state index in [1.807, 2.05) is 37.3 Å². The Kier molecular flexibility index (Phi) is 7.10. The van der Waals surface area contributed by atoms with Gasteiger partial charge >= 0.3 is 5.97 Å². The standard InChI is InChI=1S/C19H22ClNO4/c1-3-25-18-15(20)9-14(11-17(18)24-2)12-21-16(19(22)23)10-13-7-5-4-6-8-13/h4-9,11,16,21H,3,10,12H2,1-2H3,(H,22,23)/t16-/m0/s1. The smallest absolute Gasteiger partial charge is 0.321 e. The summed E-state index contributed by atoms with van der Waals surface area (Å²) >= 11 is 6.25. The molecule has 0 fully saturated rings. The molecule has 2 rings (SSSR count). The average Bonchev–Trinajstić information content (AvgIpc) is 2.61. The SMILES string of the molecule is CCOc1c(Cl)cc(CN[C@@H](Cc2ccccc2)C(=O)O)cc1OC. The Labute approximate surface area is 152 Å². The summed E-state index contributed by atoms with van der Waals surface area (Å²) in [6.07, 6.45) is 0.401. The predicted octanol–water partition coefficient (Wildman–Crippen LogP) is 3.53. The van der Waals surface area contributed by atoms with Gasteiger partial charge in [0.25, 0.3) is 0 Å².